The second-order valence-corrected chi connectivity index (χ2v) is 7.07. The van der Waals surface area contributed by atoms with Gasteiger partial charge in [0.1, 0.15) is 5.82 Å². The summed E-state index contributed by atoms with van der Waals surface area (Å²) in [7, 11) is 0. The number of anilines is 1. The third-order valence-corrected chi connectivity index (χ3v) is 5.09. The Labute approximate surface area is 164 Å². The minimum atomic E-state index is -0.866. The van der Waals surface area contributed by atoms with E-state index in [1.54, 1.807) is 18.2 Å². The summed E-state index contributed by atoms with van der Waals surface area (Å²) in [4.78, 5) is 4.46. The van der Waals surface area contributed by atoms with Crippen LogP contribution in [-0.4, -0.2) is 20.9 Å². The minimum Gasteiger partial charge on any atom is -0.448 e. The molecule has 0 radical (unpaired) electrons. The molecule has 1 aliphatic rings. The van der Waals surface area contributed by atoms with Crippen LogP contribution in [0.1, 0.15) is 11.8 Å². The van der Waals surface area contributed by atoms with E-state index in [1.165, 1.54) is 17.8 Å². The van der Waals surface area contributed by atoms with Crippen molar-refractivity contribution in [3.63, 3.8) is 0 Å². The zero-order chi connectivity index (χ0) is 18.8. The molecule has 1 N–H and O–H groups in total. The van der Waals surface area contributed by atoms with Crippen LogP contribution in [0, 0.1) is 5.82 Å². The van der Waals surface area contributed by atoms with Crippen molar-refractivity contribution in [1.29, 1.82) is 0 Å². The molecule has 1 aromatic heterocycles. The normalized spacial score (nSPS) is 15.0. The first-order valence-corrected chi connectivity index (χ1v) is 9.48. The Kier molecular flexibility index (Phi) is 4.96. The monoisotopic (exact) mass is 400 g/mol. The number of nitrogens with one attached hydrogen (secondary N) is 1. The van der Waals surface area contributed by atoms with Crippen LogP contribution in [-0.2, 0) is 0 Å². The molecular weight excluding hydrogens is 387 g/mol. The Morgan fingerprint density at radius 1 is 1.22 bits per heavy atom. The number of fused-ring (bicyclic) bond motifs is 3. The second-order valence-electron chi connectivity index (χ2n) is 5.67. The highest BCUT2D eigenvalue weighted by Crippen LogP contribution is 2.41. The fraction of sp³-hybridized carbons (Fsp3) is 0.105. The lowest BCUT2D eigenvalue weighted by atomic mass is 10.1. The van der Waals surface area contributed by atoms with E-state index in [2.05, 4.69) is 27.1 Å². The smallest absolute Gasteiger partial charge is 0.247 e. The van der Waals surface area contributed by atoms with Crippen molar-refractivity contribution in [1.82, 2.24) is 15.2 Å². The van der Waals surface area contributed by atoms with Crippen molar-refractivity contribution >= 4 is 29.1 Å². The van der Waals surface area contributed by atoms with Gasteiger partial charge in [-0.3, -0.25) is 0 Å². The van der Waals surface area contributed by atoms with Gasteiger partial charge in [-0.15, -0.1) is 16.8 Å². The number of halogens is 2. The maximum absolute atomic E-state index is 14.5. The van der Waals surface area contributed by atoms with E-state index in [9.17, 15) is 4.39 Å². The van der Waals surface area contributed by atoms with Gasteiger partial charge in [-0.05, 0) is 18.2 Å². The highest BCUT2D eigenvalue weighted by molar-refractivity contribution is 7.99. The van der Waals surface area contributed by atoms with E-state index >= 15 is 0 Å². The molecule has 136 valence electrons. The SMILES string of the molecule is C=CCSc1nnc2c(n1)O[C@@H](c1c(F)cccc1Cl)Nc1ccccc1-2. The minimum absolute atomic E-state index is 0.209. The number of thioether (sulfide) groups is 1. The molecule has 4 rings (SSSR count). The summed E-state index contributed by atoms with van der Waals surface area (Å²) in [5, 5.41) is 12.3. The molecule has 5 nitrogen and oxygen atoms in total. The number of para-hydroxylation sites is 1. The summed E-state index contributed by atoms with van der Waals surface area (Å²) < 4.78 is 20.5. The Balaban J connectivity index is 1.85. The van der Waals surface area contributed by atoms with E-state index in [1.807, 2.05) is 24.3 Å². The first-order valence-electron chi connectivity index (χ1n) is 8.12. The van der Waals surface area contributed by atoms with Gasteiger partial charge in [-0.2, -0.15) is 4.98 Å². The average Bonchev–Trinajstić information content (AvgIpc) is 2.82. The first kappa shape index (κ1) is 17.8. The van der Waals surface area contributed by atoms with Gasteiger partial charge in [0.05, 0.1) is 10.6 Å². The highest BCUT2D eigenvalue weighted by Gasteiger charge is 2.29. The van der Waals surface area contributed by atoms with Gasteiger partial charge in [0.15, 0.2) is 5.69 Å². The number of rotatable bonds is 4. The summed E-state index contributed by atoms with van der Waals surface area (Å²) in [6.07, 6.45) is 0.884. The fourth-order valence-electron chi connectivity index (χ4n) is 2.73. The van der Waals surface area contributed by atoms with Crippen molar-refractivity contribution in [3.05, 3.63) is 71.5 Å². The number of aromatic nitrogens is 3. The summed E-state index contributed by atoms with van der Waals surface area (Å²) in [5.41, 5.74) is 2.18. The summed E-state index contributed by atoms with van der Waals surface area (Å²) >= 11 is 7.63. The lowest BCUT2D eigenvalue weighted by Gasteiger charge is -2.20. The van der Waals surface area contributed by atoms with Crippen molar-refractivity contribution in [2.75, 3.05) is 11.1 Å². The van der Waals surface area contributed by atoms with Crippen LogP contribution in [0.25, 0.3) is 11.3 Å². The number of nitrogens with zero attached hydrogens (tertiary/aromatic N) is 3. The Bertz CT molecular complexity index is 996. The maximum atomic E-state index is 14.5. The van der Waals surface area contributed by atoms with Crippen LogP contribution < -0.4 is 10.1 Å². The van der Waals surface area contributed by atoms with Crippen LogP contribution in [0.3, 0.4) is 0 Å². The molecule has 2 heterocycles. The van der Waals surface area contributed by atoms with Gasteiger partial charge < -0.3 is 10.1 Å². The standard InChI is InChI=1S/C19H14ClFN4OS/c1-2-10-27-19-23-18-16(24-25-19)11-6-3-4-9-14(11)22-17(26-18)15-12(20)7-5-8-13(15)21/h2-9,17,22H,1,10H2/t17-/m0/s1. The molecular formula is C19H14ClFN4OS. The largest absolute Gasteiger partial charge is 0.448 e. The van der Waals surface area contributed by atoms with Gasteiger partial charge >= 0.3 is 0 Å². The van der Waals surface area contributed by atoms with Crippen LogP contribution in [0.5, 0.6) is 5.88 Å². The molecule has 0 spiro atoms. The van der Waals surface area contributed by atoms with E-state index in [0.717, 1.165) is 11.3 Å². The van der Waals surface area contributed by atoms with Crippen LogP contribution in [0.15, 0.2) is 60.3 Å². The molecule has 0 amide bonds. The molecule has 0 bridgehead atoms. The van der Waals surface area contributed by atoms with Crippen molar-refractivity contribution < 1.29 is 9.13 Å². The molecule has 27 heavy (non-hydrogen) atoms. The average molecular weight is 401 g/mol. The highest BCUT2D eigenvalue weighted by atomic mass is 35.5. The third-order valence-electron chi connectivity index (χ3n) is 3.93. The van der Waals surface area contributed by atoms with Crippen LogP contribution in [0.2, 0.25) is 5.02 Å². The topological polar surface area (TPSA) is 59.9 Å². The van der Waals surface area contributed by atoms with E-state index in [4.69, 9.17) is 16.3 Å². The number of benzene rings is 2. The Hall–Kier alpha value is -2.64. The lowest BCUT2D eigenvalue weighted by molar-refractivity contribution is 0.220. The molecule has 0 saturated heterocycles. The molecule has 8 heteroatoms. The predicted molar refractivity (Wildman–Crippen MR) is 105 cm³/mol. The quantitative estimate of drug-likeness (QED) is 0.485. The zero-order valence-electron chi connectivity index (χ0n) is 14.0. The van der Waals surface area contributed by atoms with Gasteiger partial charge in [0, 0.05) is 17.0 Å². The van der Waals surface area contributed by atoms with Crippen LogP contribution in [0.4, 0.5) is 10.1 Å². The zero-order valence-corrected chi connectivity index (χ0v) is 15.6. The first-order chi connectivity index (χ1) is 13.2. The molecule has 1 aliphatic heterocycles. The summed E-state index contributed by atoms with van der Waals surface area (Å²) in [6.45, 7) is 3.68. The van der Waals surface area contributed by atoms with Gasteiger partial charge in [0.25, 0.3) is 0 Å². The second kappa shape index (κ2) is 7.54. The van der Waals surface area contributed by atoms with E-state index < -0.39 is 12.0 Å². The molecule has 1 atom stereocenters. The van der Waals surface area contributed by atoms with Crippen molar-refractivity contribution in [3.8, 4) is 17.1 Å². The number of hydrogen-bond donors (Lipinski definition) is 1. The number of hydrogen-bond acceptors (Lipinski definition) is 6. The molecule has 0 saturated carbocycles. The Morgan fingerprint density at radius 2 is 2.07 bits per heavy atom. The molecule has 0 unspecified atom stereocenters. The molecule has 3 aromatic rings. The summed E-state index contributed by atoms with van der Waals surface area (Å²) in [5.74, 6) is 0.431. The summed E-state index contributed by atoms with van der Waals surface area (Å²) in [6, 6.07) is 12.0. The van der Waals surface area contributed by atoms with E-state index in [0.29, 0.717) is 16.6 Å². The molecule has 0 fully saturated rings. The maximum Gasteiger partial charge on any atom is 0.247 e. The number of ether oxygens (including phenoxy) is 1. The predicted octanol–water partition coefficient (Wildman–Crippen LogP) is 5.11. The third kappa shape index (κ3) is 3.48. The van der Waals surface area contributed by atoms with Crippen molar-refractivity contribution in [2.24, 2.45) is 0 Å². The van der Waals surface area contributed by atoms with Crippen molar-refractivity contribution in [2.45, 2.75) is 11.4 Å². The fourth-order valence-corrected chi connectivity index (χ4v) is 3.51. The van der Waals surface area contributed by atoms with Gasteiger partial charge in [0.2, 0.25) is 17.3 Å². The molecule has 2 aromatic carbocycles. The van der Waals surface area contributed by atoms with Crippen LogP contribution >= 0.6 is 23.4 Å². The van der Waals surface area contributed by atoms with Gasteiger partial charge in [-0.1, -0.05) is 53.7 Å². The van der Waals surface area contributed by atoms with Gasteiger partial charge in [-0.25, -0.2) is 4.39 Å². The van der Waals surface area contributed by atoms with E-state index in [-0.39, 0.29) is 16.5 Å². The lowest BCUT2D eigenvalue weighted by Crippen LogP contribution is -2.19. The molecule has 0 aliphatic carbocycles. The Morgan fingerprint density at radius 3 is 2.89 bits per heavy atom.